The van der Waals surface area contributed by atoms with Crippen LogP contribution in [0.15, 0.2) is 78.5 Å². The van der Waals surface area contributed by atoms with Gasteiger partial charge in [-0.1, -0.05) is 30.3 Å². The van der Waals surface area contributed by atoms with Crippen molar-refractivity contribution in [2.75, 3.05) is 0 Å². The van der Waals surface area contributed by atoms with Crippen LogP contribution in [-0.4, -0.2) is 17.0 Å². The maximum atomic E-state index is 13.7. The molecule has 0 bridgehead atoms. The van der Waals surface area contributed by atoms with Gasteiger partial charge in [0.05, 0.1) is 0 Å². The third kappa shape index (κ3) is 5.26. The summed E-state index contributed by atoms with van der Waals surface area (Å²) in [6, 6.07) is 17.0. The highest BCUT2D eigenvalue weighted by atomic mass is 19.1. The Hall–Kier alpha value is -4.00. The average Bonchev–Trinajstić information content (AvgIpc) is 2.72. The lowest BCUT2D eigenvalue weighted by atomic mass is 10.1. The first kappa shape index (κ1) is 19.8. The third-order valence-electron chi connectivity index (χ3n) is 3.83. The largest absolute Gasteiger partial charge is 0.477 e. The Labute approximate surface area is 164 Å². The number of amides is 1. The van der Waals surface area contributed by atoms with Crippen molar-refractivity contribution < 1.29 is 28.2 Å². The quantitative estimate of drug-likeness (QED) is 0.598. The number of ether oxygens (including phenoxy) is 1. The van der Waals surface area contributed by atoms with Crippen LogP contribution in [-0.2, 0) is 4.79 Å². The molecule has 0 saturated carbocycles. The molecule has 0 heterocycles. The third-order valence-corrected chi connectivity index (χ3v) is 3.83. The molecule has 3 rings (SSSR count). The number of halogens is 2. The second-order valence-electron chi connectivity index (χ2n) is 5.93. The van der Waals surface area contributed by atoms with Crippen LogP contribution >= 0.6 is 0 Å². The zero-order valence-electron chi connectivity index (χ0n) is 14.9. The average molecular weight is 395 g/mol. The molecular weight excluding hydrogens is 380 g/mol. The minimum atomic E-state index is -1.31. The summed E-state index contributed by atoms with van der Waals surface area (Å²) in [5, 5.41) is 11.7. The lowest BCUT2D eigenvalue weighted by molar-refractivity contribution is -0.132. The standard InChI is InChI=1S/C22H15F2NO4/c23-16-8-11-18(24)20(13-16)29-17-9-6-14(7-10-17)12-19(22(27)28)25-21(26)15-4-2-1-3-5-15/h1-13H,(H,25,26)(H,27,28). The maximum absolute atomic E-state index is 13.7. The Morgan fingerprint density at radius 1 is 0.931 bits per heavy atom. The number of hydrogen-bond donors (Lipinski definition) is 2. The minimum absolute atomic E-state index is 0.233. The molecule has 1 amide bonds. The molecule has 0 atom stereocenters. The number of carbonyl (C=O) groups excluding carboxylic acids is 1. The fraction of sp³-hybridized carbons (Fsp3) is 0. The molecule has 0 fully saturated rings. The van der Waals surface area contributed by atoms with Crippen molar-refractivity contribution in [1.29, 1.82) is 0 Å². The van der Waals surface area contributed by atoms with Gasteiger partial charge in [0.2, 0.25) is 0 Å². The number of hydrogen-bond acceptors (Lipinski definition) is 3. The van der Waals surface area contributed by atoms with Gasteiger partial charge < -0.3 is 15.2 Å². The van der Waals surface area contributed by atoms with E-state index in [4.69, 9.17) is 4.74 Å². The van der Waals surface area contributed by atoms with E-state index in [0.717, 1.165) is 18.2 Å². The van der Waals surface area contributed by atoms with Crippen molar-refractivity contribution in [1.82, 2.24) is 5.32 Å². The second-order valence-corrected chi connectivity index (χ2v) is 5.93. The summed E-state index contributed by atoms with van der Waals surface area (Å²) < 4.78 is 32.2. The molecule has 0 unspecified atom stereocenters. The molecule has 146 valence electrons. The first-order valence-electron chi connectivity index (χ1n) is 8.47. The molecule has 0 radical (unpaired) electrons. The van der Waals surface area contributed by atoms with Crippen LogP contribution in [0.25, 0.3) is 6.08 Å². The highest BCUT2D eigenvalue weighted by molar-refractivity contribution is 6.02. The fourth-order valence-electron chi connectivity index (χ4n) is 2.42. The smallest absolute Gasteiger partial charge is 0.352 e. The molecular formula is C22H15F2NO4. The van der Waals surface area contributed by atoms with E-state index in [1.165, 1.54) is 30.3 Å². The number of carbonyl (C=O) groups is 2. The Bertz CT molecular complexity index is 1060. The zero-order valence-corrected chi connectivity index (χ0v) is 14.9. The van der Waals surface area contributed by atoms with Crippen LogP contribution in [0.3, 0.4) is 0 Å². The van der Waals surface area contributed by atoms with Crippen LogP contribution < -0.4 is 10.1 Å². The molecule has 0 spiro atoms. The van der Waals surface area contributed by atoms with E-state index in [-0.39, 0.29) is 17.2 Å². The summed E-state index contributed by atoms with van der Waals surface area (Å²) in [7, 11) is 0. The Balaban J connectivity index is 1.76. The minimum Gasteiger partial charge on any atom is -0.477 e. The molecule has 29 heavy (non-hydrogen) atoms. The van der Waals surface area contributed by atoms with Gasteiger partial charge in [-0.3, -0.25) is 4.79 Å². The molecule has 3 aromatic rings. The van der Waals surface area contributed by atoms with E-state index >= 15 is 0 Å². The van der Waals surface area contributed by atoms with Crippen LogP contribution in [0.4, 0.5) is 8.78 Å². The number of nitrogens with one attached hydrogen (secondary N) is 1. The van der Waals surface area contributed by atoms with Gasteiger partial charge in [-0.15, -0.1) is 0 Å². The summed E-state index contributed by atoms with van der Waals surface area (Å²) in [6.07, 6.45) is 1.27. The predicted molar refractivity (Wildman–Crippen MR) is 102 cm³/mol. The van der Waals surface area contributed by atoms with Crippen molar-refractivity contribution in [2.24, 2.45) is 0 Å². The van der Waals surface area contributed by atoms with Gasteiger partial charge in [0.1, 0.15) is 17.3 Å². The maximum Gasteiger partial charge on any atom is 0.352 e. The summed E-state index contributed by atoms with van der Waals surface area (Å²) in [6.45, 7) is 0. The van der Waals surface area contributed by atoms with Crippen LogP contribution in [0.5, 0.6) is 11.5 Å². The summed E-state index contributed by atoms with van der Waals surface area (Å²) in [4.78, 5) is 23.6. The molecule has 2 N–H and O–H groups in total. The molecule has 0 aliphatic carbocycles. The number of rotatable bonds is 6. The highest BCUT2D eigenvalue weighted by Crippen LogP contribution is 2.25. The van der Waals surface area contributed by atoms with Crippen LogP contribution in [0, 0.1) is 11.6 Å². The summed E-state index contributed by atoms with van der Waals surface area (Å²) in [5.41, 5.74) is 0.465. The van der Waals surface area contributed by atoms with Gasteiger partial charge >= 0.3 is 5.97 Å². The van der Waals surface area contributed by atoms with Crippen molar-refractivity contribution in [3.63, 3.8) is 0 Å². The zero-order chi connectivity index (χ0) is 20.8. The molecule has 3 aromatic carbocycles. The van der Waals surface area contributed by atoms with Gasteiger partial charge in [-0.05, 0) is 48.0 Å². The second kappa shape index (κ2) is 8.79. The first-order chi connectivity index (χ1) is 13.9. The molecule has 0 aromatic heterocycles. The highest BCUT2D eigenvalue weighted by Gasteiger charge is 2.13. The van der Waals surface area contributed by atoms with Crippen LogP contribution in [0.2, 0.25) is 0 Å². The molecule has 5 nitrogen and oxygen atoms in total. The van der Waals surface area contributed by atoms with Crippen molar-refractivity contribution in [2.45, 2.75) is 0 Å². The number of aliphatic carboxylic acids is 1. The molecule has 0 aliphatic heterocycles. The van der Waals surface area contributed by atoms with Gasteiger partial charge in [-0.2, -0.15) is 0 Å². The number of carboxylic acid groups (broad SMARTS) is 1. The van der Waals surface area contributed by atoms with Crippen molar-refractivity contribution >= 4 is 18.0 Å². The molecule has 0 aliphatic rings. The van der Waals surface area contributed by atoms with Crippen molar-refractivity contribution in [3.05, 3.63) is 101 Å². The Morgan fingerprint density at radius 3 is 2.28 bits per heavy atom. The van der Waals surface area contributed by atoms with E-state index in [1.807, 2.05) is 0 Å². The van der Waals surface area contributed by atoms with E-state index in [9.17, 15) is 23.5 Å². The molecule has 7 heteroatoms. The predicted octanol–water partition coefficient (Wildman–Crippen LogP) is 4.61. The van der Waals surface area contributed by atoms with Gasteiger partial charge in [0.15, 0.2) is 11.6 Å². The number of carboxylic acids is 1. The summed E-state index contributed by atoms with van der Waals surface area (Å²) >= 11 is 0. The Morgan fingerprint density at radius 2 is 1.62 bits per heavy atom. The molecule has 0 saturated heterocycles. The van der Waals surface area contributed by atoms with Gasteiger partial charge in [0, 0.05) is 11.6 Å². The SMILES string of the molecule is O=C(O)C(=Cc1ccc(Oc2cc(F)ccc2F)cc1)NC(=O)c1ccccc1. The van der Waals surface area contributed by atoms with E-state index in [0.29, 0.717) is 11.1 Å². The van der Waals surface area contributed by atoms with Crippen LogP contribution in [0.1, 0.15) is 15.9 Å². The number of benzene rings is 3. The van der Waals surface area contributed by atoms with E-state index in [2.05, 4.69) is 5.32 Å². The lowest BCUT2D eigenvalue weighted by Crippen LogP contribution is -2.27. The monoisotopic (exact) mass is 395 g/mol. The van der Waals surface area contributed by atoms with Gasteiger partial charge in [0.25, 0.3) is 5.91 Å². The summed E-state index contributed by atoms with van der Waals surface area (Å²) in [5.74, 6) is -3.25. The van der Waals surface area contributed by atoms with Gasteiger partial charge in [-0.25, -0.2) is 13.6 Å². The van der Waals surface area contributed by atoms with E-state index in [1.54, 1.807) is 30.3 Å². The normalized spacial score (nSPS) is 11.0. The lowest BCUT2D eigenvalue weighted by Gasteiger charge is -2.08. The fourth-order valence-corrected chi connectivity index (χ4v) is 2.42. The van der Waals surface area contributed by atoms with E-state index < -0.39 is 23.5 Å². The topological polar surface area (TPSA) is 75.6 Å². The Kier molecular flexibility index (Phi) is 5.99. The van der Waals surface area contributed by atoms with Crippen molar-refractivity contribution in [3.8, 4) is 11.5 Å². The first-order valence-corrected chi connectivity index (χ1v) is 8.47.